The van der Waals surface area contributed by atoms with Gasteiger partial charge in [0.05, 0.1) is 6.07 Å². The molecule has 0 fully saturated rings. The van der Waals surface area contributed by atoms with Gasteiger partial charge in [-0.15, -0.1) is 0 Å². The molecule has 96 valence electrons. The van der Waals surface area contributed by atoms with Gasteiger partial charge in [-0.2, -0.15) is 5.26 Å². The third-order valence-corrected chi connectivity index (χ3v) is 2.73. The summed E-state index contributed by atoms with van der Waals surface area (Å²) in [4.78, 5) is 13.6. The topological polar surface area (TPSA) is 44.1 Å². The van der Waals surface area contributed by atoms with Crippen LogP contribution < -0.4 is 4.90 Å². The monoisotopic (exact) mass is 248 g/mol. The summed E-state index contributed by atoms with van der Waals surface area (Å²) >= 11 is 0. The molecule has 0 radical (unpaired) electrons. The molecule has 0 aliphatic heterocycles. The summed E-state index contributed by atoms with van der Waals surface area (Å²) in [5.41, 5.74) is 0.499. The average Bonchev–Trinajstić information content (AvgIpc) is 2.36. The Labute approximate surface area is 107 Å². The van der Waals surface area contributed by atoms with Crippen LogP contribution in [0.5, 0.6) is 0 Å². The number of carbonyl (C=O) groups is 1. The van der Waals surface area contributed by atoms with E-state index in [0.29, 0.717) is 18.7 Å². The number of rotatable bonds is 5. The van der Waals surface area contributed by atoms with Gasteiger partial charge in [-0.3, -0.25) is 4.79 Å². The SMILES string of the molecule is CCCC(C#N)C(=O)N(CC)c1cccc(F)c1. The van der Waals surface area contributed by atoms with Gasteiger partial charge in [0.15, 0.2) is 0 Å². The van der Waals surface area contributed by atoms with Gasteiger partial charge >= 0.3 is 0 Å². The molecular weight excluding hydrogens is 231 g/mol. The van der Waals surface area contributed by atoms with E-state index in [1.807, 2.05) is 19.9 Å². The zero-order valence-corrected chi connectivity index (χ0v) is 10.7. The molecule has 1 atom stereocenters. The predicted molar refractivity (Wildman–Crippen MR) is 68.4 cm³/mol. The first-order valence-electron chi connectivity index (χ1n) is 6.10. The molecule has 0 heterocycles. The first-order valence-corrected chi connectivity index (χ1v) is 6.10. The summed E-state index contributed by atoms with van der Waals surface area (Å²) in [7, 11) is 0. The number of halogens is 1. The molecule has 0 saturated carbocycles. The van der Waals surface area contributed by atoms with Crippen molar-refractivity contribution in [2.75, 3.05) is 11.4 Å². The smallest absolute Gasteiger partial charge is 0.244 e. The summed E-state index contributed by atoms with van der Waals surface area (Å²) in [6.45, 7) is 4.16. The van der Waals surface area contributed by atoms with Crippen molar-refractivity contribution in [1.29, 1.82) is 5.26 Å². The Kier molecular flexibility index (Phi) is 5.31. The van der Waals surface area contributed by atoms with Crippen LogP contribution in [0, 0.1) is 23.1 Å². The molecule has 0 spiro atoms. The molecule has 1 aromatic carbocycles. The molecule has 0 aromatic heterocycles. The van der Waals surface area contributed by atoms with Crippen LogP contribution in [-0.4, -0.2) is 12.5 Å². The Morgan fingerprint density at radius 2 is 2.22 bits per heavy atom. The van der Waals surface area contributed by atoms with Crippen molar-refractivity contribution in [3.05, 3.63) is 30.1 Å². The lowest BCUT2D eigenvalue weighted by Crippen LogP contribution is -2.35. The minimum absolute atomic E-state index is 0.257. The second kappa shape index (κ2) is 6.75. The highest BCUT2D eigenvalue weighted by Crippen LogP contribution is 2.19. The highest BCUT2D eigenvalue weighted by molar-refractivity contribution is 5.96. The van der Waals surface area contributed by atoms with Crippen LogP contribution in [0.4, 0.5) is 10.1 Å². The van der Waals surface area contributed by atoms with E-state index < -0.39 is 5.92 Å². The van der Waals surface area contributed by atoms with Gasteiger partial charge in [-0.25, -0.2) is 4.39 Å². The first kappa shape index (κ1) is 14.2. The second-order valence-electron chi connectivity index (χ2n) is 4.03. The summed E-state index contributed by atoms with van der Waals surface area (Å²) in [6.07, 6.45) is 1.30. The number of nitrogens with zero attached hydrogens (tertiary/aromatic N) is 2. The van der Waals surface area contributed by atoms with Crippen molar-refractivity contribution in [3.8, 4) is 6.07 Å². The van der Waals surface area contributed by atoms with Gasteiger partial charge in [-0.05, 0) is 31.5 Å². The van der Waals surface area contributed by atoms with E-state index >= 15 is 0 Å². The number of nitriles is 1. The van der Waals surface area contributed by atoms with Crippen LogP contribution in [-0.2, 0) is 4.79 Å². The maximum Gasteiger partial charge on any atom is 0.244 e. The standard InChI is InChI=1S/C14H17FN2O/c1-3-6-11(10-16)14(18)17(4-2)13-8-5-7-12(15)9-13/h5,7-9,11H,3-4,6H2,1-2H3. The zero-order chi connectivity index (χ0) is 13.5. The fourth-order valence-corrected chi connectivity index (χ4v) is 1.83. The number of hydrogen-bond donors (Lipinski definition) is 0. The van der Waals surface area contributed by atoms with Gasteiger partial charge in [0.2, 0.25) is 5.91 Å². The second-order valence-corrected chi connectivity index (χ2v) is 4.03. The molecule has 0 bridgehead atoms. The average molecular weight is 248 g/mol. The Balaban J connectivity index is 2.96. The van der Waals surface area contributed by atoms with Crippen LogP contribution in [0.3, 0.4) is 0 Å². The van der Waals surface area contributed by atoms with Gasteiger partial charge in [-0.1, -0.05) is 19.4 Å². The molecule has 1 unspecified atom stereocenters. The van der Waals surface area contributed by atoms with E-state index in [-0.39, 0.29) is 11.7 Å². The maximum atomic E-state index is 13.2. The van der Waals surface area contributed by atoms with E-state index in [9.17, 15) is 9.18 Å². The zero-order valence-electron chi connectivity index (χ0n) is 10.7. The van der Waals surface area contributed by atoms with Crippen LogP contribution in [0.15, 0.2) is 24.3 Å². The summed E-state index contributed by atoms with van der Waals surface area (Å²) in [5, 5.41) is 9.00. The highest BCUT2D eigenvalue weighted by atomic mass is 19.1. The number of hydrogen-bond acceptors (Lipinski definition) is 2. The maximum absolute atomic E-state index is 13.2. The van der Waals surface area contributed by atoms with E-state index in [1.54, 1.807) is 12.1 Å². The molecule has 0 saturated heterocycles. The summed E-state index contributed by atoms with van der Waals surface area (Å²) in [6, 6.07) is 7.88. The van der Waals surface area contributed by atoms with Crippen molar-refractivity contribution in [1.82, 2.24) is 0 Å². The highest BCUT2D eigenvalue weighted by Gasteiger charge is 2.23. The molecule has 0 aliphatic carbocycles. The van der Waals surface area contributed by atoms with Crippen molar-refractivity contribution in [2.45, 2.75) is 26.7 Å². The van der Waals surface area contributed by atoms with Crippen molar-refractivity contribution >= 4 is 11.6 Å². The third kappa shape index (κ3) is 3.30. The van der Waals surface area contributed by atoms with Crippen molar-refractivity contribution in [3.63, 3.8) is 0 Å². The molecule has 0 aliphatic rings. The predicted octanol–water partition coefficient (Wildman–Crippen LogP) is 3.12. The fraction of sp³-hybridized carbons (Fsp3) is 0.429. The molecule has 3 nitrogen and oxygen atoms in total. The van der Waals surface area contributed by atoms with Gasteiger partial charge in [0, 0.05) is 12.2 Å². The molecule has 4 heteroatoms. The molecule has 1 amide bonds. The van der Waals surface area contributed by atoms with Gasteiger partial charge < -0.3 is 4.90 Å². The largest absolute Gasteiger partial charge is 0.311 e. The lowest BCUT2D eigenvalue weighted by atomic mass is 10.0. The van der Waals surface area contributed by atoms with E-state index in [4.69, 9.17) is 5.26 Å². The van der Waals surface area contributed by atoms with Crippen molar-refractivity contribution < 1.29 is 9.18 Å². The normalized spacial score (nSPS) is 11.7. The third-order valence-electron chi connectivity index (χ3n) is 2.73. The summed E-state index contributed by atoms with van der Waals surface area (Å²) < 4.78 is 13.2. The summed E-state index contributed by atoms with van der Waals surface area (Å²) in [5.74, 6) is -1.30. The quantitative estimate of drug-likeness (QED) is 0.803. The number of anilines is 1. The Morgan fingerprint density at radius 3 is 2.72 bits per heavy atom. The van der Waals surface area contributed by atoms with Crippen LogP contribution in [0.2, 0.25) is 0 Å². The van der Waals surface area contributed by atoms with Crippen LogP contribution >= 0.6 is 0 Å². The molecule has 1 rings (SSSR count). The molecule has 1 aromatic rings. The lowest BCUT2D eigenvalue weighted by molar-refractivity contribution is -0.120. The van der Waals surface area contributed by atoms with Gasteiger partial charge in [0.25, 0.3) is 0 Å². The molecule has 0 N–H and O–H groups in total. The Hall–Kier alpha value is -1.89. The molecule has 18 heavy (non-hydrogen) atoms. The Bertz CT molecular complexity index is 453. The number of carbonyl (C=O) groups excluding carboxylic acids is 1. The Morgan fingerprint density at radius 1 is 1.50 bits per heavy atom. The minimum atomic E-state index is -0.654. The van der Waals surface area contributed by atoms with Crippen LogP contribution in [0.25, 0.3) is 0 Å². The van der Waals surface area contributed by atoms with E-state index in [2.05, 4.69) is 0 Å². The number of amides is 1. The van der Waals surface area contributed by atoms with E-state index in [0.717, 1.165) is 6.42 Å². The first-order chi connectivity index (χ1) is 8.63. The van der Waals surface area contributed by atoms with Crippen molar-refractivity contribution in [2.24, 2.45) is 5.92 Å². The number of benzene rings is 1. The van der Waals surface area contributed by atoms with E-state index in [1.165, 1.54) is 17.0 Å². The van der Waals surface area contributed by atoms with Gasteiger partial charge in [0.1, 0.15) is 11.7 Å². The fourth-order valence-electron chi connectivity index (χ4n) is 1.83. The lowest BCUT2D eigenvalue weighted by Gasteiger charge is -2.23. The minimum Gasteiger partial charge on any atom is -0.311 e. The van der Waals surface area contributed by atoms with Crippen LogP contribution in [0.1, 0.15) is 26.7 Å². The molecular formula is C14H17FN2O.